The Morgan fingerprint density at radius 1 is 0.438 bits per heavy atom. The van der Waals surface area contributed by atoms with Crippen LogP contribution in [0.5, 0.6) is 0 Å². The highest BCUT2D eigenvalue weighted by molar-refractivity contribution is 5.86. The number of benzene rings is 6. The van der Waals surface area contributed by atoms with E-state index in [4.69, 9.17) is 15.0 Å². The van der Waals surface area contributed by atoms with Gasteiger partial charge in [-0.05, 0) is 62.7 Å². The molecular weight excluding hydrogens is 585 g/mol. The van der Waals surface area contributed by atoms with Crippen LogP contribution in [-0.2, 0) is 5.41 Å². The van der Waals surface area contributed by atoms with E-state index in [1.54, 1.807) is 0 Å². The molecule has 0 unspecified atom stereocenters. The van der Waals surface area contributed by atoms with Gasteiger partial charge in [-0.3, -0.25) is 0 Å². The molecule has 0 atom stereocenters. The lowest BCUT2D eigenvalue weighted by Gasteiger charge is -2.22. The third kappa shape index (κ3) is 5.26. The average molecular weight is 619 g/mol. The van der Waals surface area contributed by atoms with E-state index in [0.29, 0.717) is 23.0 Å². The predicted molar refractivity (Wildman–Crippen MR) is 196 cm³/mol. The summed E-state index contributed by atoms with van der Waals surface area (Å²) < 4.78 is 0. The summed E-state index contributed by atoms with van der Waals surface area (Å²) in [5, 5.41) is 9.49. The second-order valence-electron chi connectivity index (χ2n) is 12.4. The number of rotatable bonds is 5. The van der Waals surface area contributed by atoms with E-state index in [-0.39, 0.29) is 12.8 Å². The summed E-state index contributed by atoms with van der Waals surface area (Å²) in [6.45, 7) is 4.49. The Kier molecular flexibility index (Phi) is 7.75. The Bertz CT molecular complexity index is 2260. The summed E-state index contributed by atoms with van der Waals surface area (Å²) >= 11 is 0. The van der Waals surface area contributed by atoms with Crippen LogP contribution in [0.25, 0.3) is 67.5 Å². The Balaban J connectivity index is 0.00000364. The minimum absolute atomic E-state index is 0. The molecule has 230 valence electrons. The lowest BCUT2D eigenvalue weighted by Crippen LogP contribution is -2.15. The number of aromatic nitrogens is 3. The van der Waals surface area contributed by atoms with Gasteiger partial charge in [0.05, 0.1) is 11.6 Å². The first-order valence-corrected chi connectivity index (χ1v) is 15.8. The average Bonchev–Trinajstić information content (AvgIpc) is 3.37. The molecule has 0 radical (unpaired) electrons. The predicted octanol–water partition coefficient (Wildman–Crippen LogP) is 11.0. The summed E-state index contributed by atoms with van der Waals surface area (Å²) in [6, 6.07) is 52.2. The van der Waals surface area contributed by atoms with Crippen LogP contribution in [0.4, 0.5) is 0 Å². The van der Waals surface area contributed by atoms with Crippen molar-refractivity contribution in [3.05, 3.63) is 162 Å². The Hall–Kier alpha value is -6.18. The highest BCUT2D eigenvalue weighted by atomic mass is 15.0. The van der Waals surface area contributed by atoms with Crippen LogP contribution in [0.15, 0.2) is 146 Å². The van der Waals surface area contributed by atoms with E-state index in [1.807, 2.05) is 78.9 Å². The first-order valence-electron chi connectivity index (χ1n) is 15.8. The molecule has 6 aromatic carbocycles. The van der Waals surface area contributed by atoms with Gasteiger partial charge in [-0.15, -0.1) is 0 Å². The minimum Gasteiger partial charge on any atom is -0.208 e. The van der Waals surface area contributed by atoms with Crippen LogP contribution < -0.4 is 0 Å². The van der Waals surface area contributed by atoms with Crippen molar-refractivity contribution < 1.29 is 0 Å². The van der Waals surface area contributed by atoms with E-state index in [0.717, 1.165) is 33.4 Å². The lowest BCUT2D eigenvalue weighted by molar-refractivity contribution is 0.660. The van der Waals surface area contributed by atoms with E-state index in [1.165, 1.54) is 27.8 Å². The van der Waals surface area contributed by atoms with Crippen LogP contribution in [0.1, 0.15) is 38.0 Å². The molecule has 0 saturated carbocycles. The molecule has 48 heavy (non-hydrogen) atoms. The fourth-order valence-corrected chi connectivity index (χ4v) is 6.69. The Labute approximate surface area is 282 Å². The molecule has 0 N–H and O–H groups in total. The zero-order chi connectivity index (χ0) is 32.0. The zero-order valence-corrected chi connectivity index (χ0v) is 26.1. The van der Waals surface area contributed by atoms with Crippen LogP contribution in [-0.4, -0.2) is 15.0 Å². The van der Waals surface area contributed by atoms with Crippen molar-refractivity contribution in [2.24, 2.45) is 0 Å². The fourth-order valence-electron chi connectivity index (χ4n) is 6.69. The normalized spacial score (nSPS) is 12.4. The largest absolute Gasteiger partial charge is 0.208 e. The fraction of sp³-hybridized carbons (Fsp3) is 0.0909. The second kappa shape index (κ2) is 12.2. The van der Waals surface area contributed by atoms with Crippen molar-refractivity contribution in [1.82, 2.24) is 15.0 Å². The van der Waals surface area contributed by atoms with Crippen LogP contribution in [0.2, 0.25) is 0 Å². The summed E-state index contributed by atoms with van der Waals surface area (Å²) in [7, 11) is 0. The molecule has 0 aliphatic heterocycles. The highest BCUT2D eigenvalue weighted by Gasteiger charge is 2.35. The van der Waals surface area contributed by atoms with E-state index < -0.39 is 0 Å². The van der Waals surface area contributed by atoms with Gasteiger partial charge in [-0.2, -0.15) is 5.26 Å². The molecule has 8 rings (SSSR count). The molecule has 0 amide bonds. The summed E-state index contributed by atoms with van der Waals surface area (Å²) in [5.41, 5.74) is 12.8. The summed E-state index contributed by atoms with van der Waals surface area (Å²) in [4.78, 5) is 14.8. The molecule has 4 nitrogen and oxygen atoms in total. The molecule has 4 heteroatoms. The highest BCUT2D eigenvalue weighted by Crippen LogP contribution is 2.50. The van der Waals surface area contributed by atoms with Crippen LogP contribution in [0.3, 0.4) is 0 Å². The molecule has 7 aromatic rings. The van der Waals surface area contributed by atoms with Crippen molar-refractivity contribution in [3.8, 4) is 73.6 Å². The monoisotopic (exact) mass is 618 g/mol. The van der Waals surface area contributed by atoms with Gasteiger partial charge in [0.1, 0.15) is 0 Å². The van der Waals surface area contributed by atoms with Crippen molar-refractivity contribution in [2.45, 2.75) is 26.7 Å². The summed E-state index contributed by atoms with van der Waals surface area (Å²) in [5.74, 6) is 1.92. The quantitative estimate of drug-likeness (QED) is 0.193. The number of hydrogen-bond acceptors (Lipinski definition) is 4. The lowest BCUT2D eigenvalue weighted by atomic mass is 9.81. The third-order valence-corrected chi connectivity index (χ3v) is 9.20. The molecule has 1 aromatic heterocycles. The molecule has 0 spiro atoms. The maximum absolute atomic E-state index is 9.49. The SMILES string of the molecule is C.CC1(C)c2cc(C#N)ccc2-c2ccc(-c3ccc(-c4ccccc4-c4nc(-c5ccccc5)nc(-c5ccccc5)n4)cc3)cc21. The molecule has 0 fully saturated rings. The first-order chi connectivity index (χ1) is 23.0. The maximum Gasteiger partial charge on any atom is 0.164 e. The van der Waals surface area contributed by atoms with E-state index in [9.17, 15) is 5.26 Å². The maximum atomic E-state index is 9.49. The minimum atomic E-state index is -0.186. The molecule has 0 bridgehead atoms. The van der Waals surface area contributed by atoms with Crippen LogP contribution in [0, 0.1) is 11.3 Å². The van der Waals surface area contributed by atoms with Gasteiger partial charge in [-0.1, -0.05) is 149 Å². The Morgan fingerprint density at radius 2 is 0.917 bits per heavy atom. The number of nitrogens with zero attached hydrogens (tertiary/aromatic N) is 4. The molecule has 0 saturated heterocycles. The standard InChI is InChI=1S/C43H30N4.CH4/c1-43(2)38-25-28(27-44)17-23-35(38)36-24-22-33(26-39(36)43)29-18-20-30(21-19-29)34-15-9-10-16-37(34)42-46-40(31-11-5-3-6-12-31)45-41(47-42)32-13-7-4-8-14-32;/h3-26H,1-2H3;1H4. The van der Waals surface area contributed by atoms with Gasteiger partial charge in [0.15, 0.2) is 17.5 Å². The Morgan fingerprint density at radius 3 is 1.52 bits per heavy atom. The molecule has 1 aliphatic rings. The number of fused-ring (bicyclic) bond motifs is 3. The second-order valence-corrected chi connectivity index (χ2v) is 12.4. The third-order valence-electron chi connectivity index (χ3n) is 9.20. The number of hydrogen-bond donors (Lipinski definition) is 0. The van der Waals surface area contributed by atoms with Crippen molar-refractivity contribution >= 4 is 0 Å². The zero-order valence-electron chi connectivity index (χ0n) is 26.1. The molecule has 1 aliphatic carbocycles. The van der Waals surface area contributed by atoms with Gasteiger partial charge in [0.2, 0.25) is 0 Å². The van der Waals surface area contributed by atoms with Gasteiger partial charge in [0, 0.05) is 22.1 Å². The van der Waals surface area contributed by atoms with Crippen LogP contribution >= 0.6 is 0 Å². The molecular formula is C44H34N4. The van der Waals surface area contributed by atoms with Gasteiger partial charge in [-0.25, -0.2) is 15.0 Å². The van der Waals surface area contributed by atoms with Crippen molar-refractivity contribution in [3.63, 3.8) is 0 Å². The van der Waals surface area contributed by atoms with Gasteiger partial charge in [0.25, 0.3) is 0 Å². The van der Waals surface area contributed by atoms with Gasteiger partial charge < -0.3 is 0 Å². The summed E-state index contributed by atoms with van der Waals surface area (Å²) in [6.07, 6.45) is 0. The van der Waals surface area contributed by atoms with E-state index >= 15 is 0 Å². The van der Waals surface area contributed by atoms with Crippen molar-refractivity contribution in [2.75, 3.05) is 0 Å². The van der Waals surface area contributed by atoms with E-state index in [2.05, 4.69) is 86.6 Å². The number of nitriles is 1. The smallest absolute Gasteiger partial charge is 0.164 e. The molecule has 1 heterocycles. The topological polar surface area (TPSA) is 62.5 Å². The van der Waals surface area contributed by atoms with Gasteiger partial charge >= 0.3 is 0 Å². The van der Waals surface area contributed by atoms with Crippen molar-refractivity contribution in [1.29, 1.82) is 5.26 Å². The first kappa shape index (κ1) is 30.5.